The van der Waals surface area contributed by atoms with E-state index in [1.807, 2.05) is 49.4 Å². The molecule has 0 radical (unpaired) electrons. The van der Waals surface area contributed by atoms with Crippen molar-refractivity contribution in [3.63, 3.8) is 0 Å². The van der Waals surface area contributed by atoms with Crippen molar-refractivity contribution in [1.82, 2.24) is 0 Å². The van der Waals surface area contributed by atoms with Gasteiger partial charge in [0.25, 0.3) is 0 Å². The Morgan fingerprint density at radius 3 is 2.62 bits per heavy atom. The summed E-state index contributed by atoms with van der Waals surface area (Å²) in [5, 5.41) is 10.9. The second-order valence-corrected chi connectivity index (χ2v) is 6.58. The van der Waals surface area contributed by atoms with Crippen LogP contribution in [0, 0.1) is 0 Å². The van der Waals surface area contributed by atoms with E-state index in [-0.39, 0.29) is 0 Å². The standard InChI is InChI=1S/C21H21N3OS/c1-2-25-20-13-12-17-10-6-7-11-18(17)19(20)14-23-24-21(22)26-15-16-8-4-3-5-9-16/h3-14H,2,15H2,1H3,(H2,22,24). The summed E-state index contributed by atoms with van der Waals surface area (Å²) in [6.07, 6.45) is 1.71. The summed E-state index contributed by atoms with van der Waals surface area (Å²) in [4.78, 5) is 0. The fourth-order valence-corrected chi connectivity index (χ4v) is 3.21. The average molecular weight is 363 g/mol. The Morgan fingerprint density at radius 2 is 1.81 bits per heavy atom. The first-order chi connectivity index (χ1) is 12.8. The highest BCUT2D eigenvalue weighted by atomic mass is 32.2. The molecule has 132 valence electrons. The van der Waals surface area contributed by atoms with Crippen molar-refractivity contribution in [1.29, 1.82) is 0 Å². The lowest BCUT2D eigenvalue weighted by molar-refractivity contribution is 0.340. The molecule has 0 unspecified atom stereocenters. The Bertz CT molecular complexity index is 923. The van der Waals surface area contributed by atoms with Crippen LogP contribution in [0.1, 0.15) is 18.1 Å². The van der Waals surface area contributed by atoms with E-state index in [9.17, 15) is 0 Å². The SMILES string of the molecule is CCOc1ccc2ccccc2c1C=NN=C(N)SCc1ccccc1. The molecule has 0 heterocycles. The molecule has 0 saturated heterocycles. The van der Waals surface area contributed by atoms with Gasteiger partial charge < -0.3 is 10.5 Å². The van der Waals surface area contributed by atoms with Crippen LogP contribution < -0.4 is 10.5 Å². The Kier molecular flexibility index (Phi) is 6.28. The molecule has 0 atom stereocenters. The van der Waals surface area contributed by atoms with Crippen LogP contribution in [0.15, 0.2) is 76.9 Å². The van der Waals surface area contributed by atoms with Crippen molar-refractivity contribution in [2.75, 3.05) is 6.61 Å². The monoisotopic (exact) mass is 363 g/mol. The Morgan fingerprint density at radius 1 is 1.04 bits per heavy atom. The van der Waals surface area contributed by atoms with Crippen molar-refractivity contribution in [3.8, 4) is 5.75 Å². The number of hydrogen-bond donors (Lipinski definition) is 1. The molecule has 0 bridgehead atoms. The van der Waals surface area contributed by atoms with Crippen LogP contribution >= 0.6 is 11.8 Å². The summed E-state index contributed by atoms with van der Waals surface area (Å²) >= 11 is 1.47. The molecule has 0 saturated carbocycles. The van der Waals surface area contributed by atoms with Gasteiger partial charge in [-0.3, -0.25) is 0 Å². The van der Waals surface area contributed by atoms with Gasteiger partial charge in [-0.15, -0.1) is 5.10 Å². The second kappa shape index (κ2) is 9.06. The van der Waals surface area contributed by atoms with Gasteiger partial charge in [0, 0.05) is 11.3 Å². The molecule has 0 aliphatic rings. The van der Waals surface area contributed by atoms with E-state index in [1.54, 1.807) is 6.21 Å². The third-order valence-electron chi connectivity index (χ3n) is 3.80. The number of fused-ring (bicyclic) bond motifs is 1. The van der Waals surface area contributed by atoms with Crippen LogP contribution in [0.3, 0.4) is 0 Å². The molecule has 5 heteroatoms. The maximum absolute atomic E-state index is 5.96. The summed E-state index contributed by atoms with van der Waals surface area (Å²) in [5.74, 6) is 1.56. The van der Waals surface area contributed by atoms with Crippen molar-refractivity contribution >= 4 is 33.9 Å². The number of ether oxygens (including phenoxy) is 1. The zero-order valence-electron chi connectivity index (χ0n) is 14.6. The van der Waals surface area contributed by atoms with Crippen molar-refractivity contribution in [2.24, 2.45) is 15.9 Å². The quantitative estimate of drug-likeness (QED) is 0.388. The first-order valence-corrected chi connectivity index (χ1v) is 9.44. The van der Waals surface area contributed by atoms with Crippen LogP contribution in [0.2, 0.25) is 0 Å². The fraction of sp³-hybridized carbons (Fsp3) is 0.143. The minimum Gasteiger partial charge on any atom is -0.493 e. The van der Waals surface area contributed by atoms with Gasteiger partial charge >= 0.3 is 0 Å². The van der Waals surface area contributed by atoms with Crippen LogP contribution in [-0.2, 0) is 5.75 Å². The molecule has 4 nitrogen and oxygen atoms in total. The van der Waals surface area contributed by atoms with Gasteiger partial charge in [-0.1, -0.05) is 72.4 Å². The molecule has 3 rings (SSSR count). The fourth-order valence-electron chi connectivity index (χ4n) is 2.59. The lowest BCUT2D eigenvalue weighted by Crippen LogP contribution is -2.06. The van der Waals surface area contributed by atoms with Gasteiger partial charge in [-0.05, 0) is 29.3 Å². The summed E-state index contributed by atoms with van der Waals surface area (Å²) < 4.78 is 5.73. The van der Waals surface area contributed by atoms with Gasteiger partial charge in [0.05, 0.1) is 12.8 Å². The molecule has 26 heavy (non-hydrogen) atoms. The van der Waals surface area contributed by atoms with Crippen molar-refractivity contribution in [2.45, 2.75) is 12.7 Å². The van der Waals surface area contributed by atoms with Gasteiger partial charge in [-0.25, -0.2) is 0 Å². The number of nitrogens with two attached hydrogens (primary N) is 1. The van der Waals surface area contributed by atoms with E-state index in [1.165, 1.54) is 17.3 Å². The highest BCUT2D eigenvalue weighted by Crippen LogP contribution is 2.26. The molecular weight excluding hydrogens is 342 g/mol. The highest BCUT2D eigenvalue weighted by Gasteiger charge is 2.06. The van der Waals surface area contributed by atoms with E-state index in [0.29, 0.717) is 11.8 Å². The Balaban J connectivity index is 1.77. The minimum atomic E-state index is 0.434. The molecule has 0 fully saturated rings. The summed E-state index contributed by atoms with van der Waals surface area (Å²) in [7, 11) is 0. The predicted octanol–water partition coefficient (Wildman–Crippen LogP) is 4.82. The summed E-state index contributed by atoms with van der Waals surface area (Å²) in [5.41, 5.74) is 8.08. The van der Waals surface area contributed by atoms with Crippen LogP contribution in [-0.4, -0.2) is 18.0 Å². The molecule has 0 amide bonds. The highest BCUT2D eigenvalue weighted by molar-refractivity contribution is 8.13. The van der Waals surface area contributed by atoms with Gasteiger partial charge in [-0.2, -0.15) is 5.10 Å². The maximum atomic E-state index is 5.96. The molecule has 2 N–H and O–H groups in total. The number of hydrogen-bond acceptors (Lipinski definition) is 4. The molecule has 0 aromatic heterocycles. The van der Waals surface area contributed by atoms with E-state index in [4.69, 9.17) is 10.5 Å². The largest absolute Gasteiger partial charge is 0.493 e. The number of thioether (sulfide) groups is 1. The van der Waals surface area contributed by atoms with Crippen molar-refractivity contribution < 1.29 is 4.74 Å². The van der Waals surface area contributed by atoms with E-state index < -0.39 is 0 Å². The maximum Gasteiger partial charge on any atom is 0.180 e. The molecule has 0 aliphatic carbocycles. The Labute approximate surface area is 157 Å². The lowest BCUT2D eigenvalue weighted by atomic mass is 10.0. The first-order valence-electron chi connectivity index (χ1n) is 8.45. The minimum absolute atomic E-state index is 0.434. The number of amidine groups is 1. The summed E-state index contributed by atoms with van der Waals surface area (Å²) in [6, 6.07) is 22.3. The molecule has 0 spiro atoms. The normalized spacial score (nSPS) is 12.0. The smallest absolute Gasteiger partial charge is 0.180 e. The molecule has 3 aromatic rings. The van der Waals surface area contributed by atoms with Gasteiger partial charge in [0.1, 0.15) is 5.75 Å². The van der Waals surface area contributed by atoms with Crippen molar-refractivity contribution in [3.05, 3.63) is 77.9 Å². The molecular formula is C21H21N3OS. The van der Waals surface area contributed by atoms with Crippen LogP contribution in [0.4, 0.5) is 0 Å². The Hall–Kier alpha value is -2.79. The molecule has 3 aromatic carbocycles. The topological polar surface area (TPSA) is 60.0 Å². The van der Waals surface area contributed by atoms with Gasteiger partial charge in [0.15, 0.2) is 5.17 Å². The second-order valence-electron chi connectivity index (χ2n) is 5.59. The average Bonchev–Trinajstić information content (AvgIpc) is 2.69. The lowest BCUT2D eigenvalue weighted by Gasteiger charge is -2.09. The van der Waals surface area contributed by atoms with E-state index >= 15 is 0 Å². The van der Waals surface area contributed by atoms with Gasteiger partial charge in [0.2, 0.25) is 0 Å². The zero-order valence-corrected chi connectivity index (χ0v) is 15.4. The molecule has 0 aliphatic heterocycles. The van der Waals surface area contributed by atoms with E-state index in [0.717, 1.165) is 27.8 Å². The predicted molar refractivity (Wildman–Crippen MR) is 112 cm³/mol. The van der Waals surface area contributed by atoms with E-state index in [2.05, 4.69) is 34.5 Å². The van der Waals surface area contributed by atoms with Crippen LogP contribution in [0.5, 0.6) is 5.75 Å². The summed E-state index contributed by atoms with van der Waals surface area (Å²) in [6.45, 7) is 2.56. The first kappa shape index (κ1) is 18.0. The third kappa shape index (κ3) is 4.64. The zero-order chi connectivity index (χ0) is 18.2. The van der Waals surface area contributed by atoms with Crippen LogP contribution in [0.25, 0.3) is 10.8 Å². The number of benzene rings is 3. The third-order valence-corrected chi connectivity index (χ3v) is 4.66. The number of rotatable bonds is 6. The number of nitrogens with zero attached hydrogens (tertiary/aromatic N) is 2.